The van der Waals surface area contributed by atoms with E-state index in [0.29, 0.717) is 19.3 Å². The Balaban J connectivity index is 4.09. The third-order valence-electron chi connectivity index (χ3n) is 14.7. The number of ether oxygens (including phenoxy) is 3. The quantitative estimate of drug-likeness (QED) is 0.0261. The van der Waals surface area contributed by atoms with Crippen LogP contribution >= 0.6 is 0 Å². The second-order valence-electron chi connectivity index (χ2n) is 22.4. The highest BCUT2D eigenvalue weighted by Gasteiger charge is 2.19. The molecule has 1 unspecified atom stereocenters. The standard InChI is InChI=1S/C72H126O6/c1-4-7-10-13-16-19-22-24-26-27-28-29-30-31-32-33-34-35-36-37-38-39-40-41-42-43-44-45-47-48-50-53-56-59-62-65-71(74)77-68-69(67-76-70(73)64-61-58-55-52-21-18-15-12-9-6-3)78-72(75)66-63-60-57-54-51-49-46-25-23-20-17-14-11-8-5-2/h7,10,16,19,24,26,28-29,31-32,34-35,37-38,69H,4-6,8-9,11-15,17-18,20-23,25,27,30,33,36,39-68H2,1-3H3/b10-7-,19-16-,26-24-,29-28-,32-31-,35-34-,38-37-. The van der Waals surface area contributed by atoms with Crippen LogP contribution in [-0.4, -0.2) is 37.2 Å². The summed E-state index contributed by atoms with van der Waals surface area (Å²) in [5, 5.41) is 0. The minimum absolute atomic E-state index is 0.0698. The minimum Gasteiger partial charge on any atom is -0.462 e. The number of rotatable bonds is 61. The lowest BCUT2D eigenvalue weighted by molar-refractivity contribution is -0.167. The van der Waals surface area contributed by atoms with Crippen LogP contribution in [0.5, 0.6) is 0 Å². The molecule has 0 aliphatic carbocycles. The van der Waals surface area contributed by atoms with Gasteiger partial charge in [-0.3, -0.25) is 14.4 Å². The van der Waals surface area contributed by atoms with Crippen molar-refractivity contribution < 1.29 is 28.6 Å². The lowest BCUT2D eigenvalue weighted by Gasteiger charge is -2.18. The van der Waals surface area contributed by atoms with Crippen molar-refractivity contribution in [2.45, 2.75) is 341 Å². The zero-order chi connectivity index (χ0) is 56.4. The maximum Gasteiger partial charge on any atom is 0.306 e. The van der Waals surface area contributed by atoms with Gasteiger partial charge in [-0.15, -0.1) is 0 Å². The lowest BCUT2D eigenvalue weighted by Crippen LogP contribution is -2.30. The van der Waals surface area contributed by atoms with Crippen LogP contribution in [0.15, 0.2) is 85.1 Å². The molecular weight excluding hydrogens is 961 g/mol. The molecule has 0 saturated heterocycles. The maximum absolute atomic E-state index is 12.9. The molecule has 0 bridgehead atoms. The normalized spacial score (nSPS) is 12.6. The summed E-state index contributed by atoms with van der Waals surface area (Å²) in [7, 11) is 0. The van der Waals surface area contributed by atoms with Gasteiger partial charge in [-0.2, -0.15) is 0 Å². The van der Waals surface area contributed by atoms with Crippen molar-refractivity contribution in [1.82, 2.24) is 0 Å². The lowest BCUT2D eigenvalue weighted by atomic mass is 10.0. The molecule has 1 atom stereocenters. The number of carbonyl (C=O) groups excluding carboxylic acids is 3. The van der Waals surface area contributed by atoms with Gasteiger partial charge in [0.2, 0.25) is 0 Å². The molecule has 0 fully saturated rings. The van der Waals surface area contributed by atoms with E-state index < -0.39 is 6.10 Å². The first-order valence-electron chi connectivity index (χ1n) is 33.6. The number of unbranched alkanes of at least 4 members (excludes halogenated alkanes) is 36. The summed E-state index contributed by atoms with van der Waals surface area (Å²) < 4.78 is 16.9. The highest BCUT2D eigenvalue weighted by Crippen LogP contribution is 2.17. The van der Waals surface area contributed by atoms with Crippen LogP contribution < -0.4 is 0 Å². The number of carbonyl (C=O) groups is 3. The molecule has 0 saturated carbocycles. The number of hydrogen-bond donors (Lipinski definition) is 0. The van der Waals surface area contributed by atoms with E-state index in [4.69, 9.17) is 14.2 Å². The summed E-state index contributed by atoms with van der Waals surface area (Å²) in [4.78, 5) is 38.2. The molecule has 78 heavy (non-hydrogen) atoms. The maximum atomic E-state index is 12.9. The van der Waals surface area contributed by atoms with Crippen molar-refractivity contribution in [3.63, 3.8) is 0 Å². The molecule has 0 aromatic carbocycles. The Morgan fingerprint density at radius 2 is 0.500 bits per heavy atom. The van der Waals surface area contributed by atoms with Crippen LogP contribution in [0.25, 0.3) is 0 Å². The van der Waals surface area contributed by atoms with Crippen molar-refractivity contribution in [3.05, 3.63) is 85.1 Å². The Morgan fingerprint density at radius 3 is 0.782 bits per heavy atom. The van der Waals surface area contributed by atoms with Gasteiger partial charge < -0.3 is 14.2 Å². The van der Waals surface area contributed by atoms with Crippen LogP contribution in [0.3, 0.4) is 0 Å². The van der Waals surface area contributed by atoms with E-state index in [9.17, 15) is 14.4 Å². The van der Waals surface area contributed by atoms with Crippen molar-refractivity contribution in [2.24, 2.45) is 0 Å². The predicted octanol–water partition coefficient (Wildman–Crippen LogP) is 23.1. The van der Waals surface area contributed by atoms with Crippen molar-refractivity contribution in [2.75, 3.05) is 13.2 Å². The topological polar surface area (TPSA) is 78.9 Å². The third-order valence-corrected chi connectivity index (χ3v) is 14.7. The first-order valence-corrected chi connectivity index (χ1v) is 33.6. The molecule has 0 radical (unpaired) electrons. The summed E-state index contributed by atoms with van der Waals surface area (Å²) in [6.07, 6.45) is 87.5. The minimum atomic E-state index is -0.771. The monoisotopic (exact) mass is 1090 g/mol. The third kappa shape index (κ3) is 63.4. The number of hydrogen-bond acceptors (Lipinski definition) is 6. The van der Waals surface area contributed by atoms with E-state index in [1.54, 1.807) is 0 Å². The van der Waals surface area contributed by atoms with E-state index in [-0.39, 0.29) is 31.1 Å². The average molecular weight is 1090 g/mol. The molecule has 0 aliphatic rings. The van der Waals surface area contributed by atoms with Crippen LogP contribution in [0.2, 0.25) is 0 Å². The summed E-state index contributed by atoms with van der Waals surface area (Å²) in [6, 6.07) is 0. The molecule has 0 heterocycles. The van der Waals surface area contributed by atoms with Gasteiger partial charge in [0.25, 0.3) is 0 Å². The fourth-order valence-corrected chi connectivity index (χ4v) is 9.66. The van der Waals surface area contributed by atoms with Gasteiger partial charge >= 0.3 is 17.9 Å². The SMILES string of the molecule is CC/C=C\C/C=C\C/C=C\C/C=C\C/C=C\C/C=C\C/C=C\CCCCCCCCCCCCCCCC(=O)OCC(COC(=O)CCCCCCCCCCCC)OC(=O)CCCCCCCCCCCCCCCCC. The van der Waals surface area contributed by atoms with Gasteiger partial charge in [-0.25, -0.2) is 0 Å². The van der Waals surface area contributed by atoms with Gasteiger partial charge in [0.15, 0.2) is 6.10 Å². The highest BCUT2D eigenvalue weighted by molar-refractivity contribution is 5.71. The molecular formula is C72H126O6. The fourth-order valence-electron chi connectivity index (χ4n) is 9.66. The molecule has 0 aromatic rings. The summed E-state index contributed by atoms with van der Waals surface area (Å²) in [6.45, 7) is 6.55. The Morgan fingerprint density at radius 1 is 0.269 bits per heavy atom. The Hall–Kier alpha value is -3.41. The van der Waals surface area contributed by atoms with E-state index in [1.807, 2.05) is 0 Å². The van der Waals surface area contributed by atoms with Crippen LogP contribution in [0.4, 0.5) is 0 Å². The zero-order valence-electron chi connectivity index (χ0n) is 51.7. The molecule has 6 heteroatoms. The molecule has 450 valence electrons. The molecule has 0 rings (SSSR count). The average Bonchev–Trinajstić information content (AvgIpc) is 3.44. The highest BCUT2D eigenvalue weighted by atomic mass is 16.6. The van der Waals surface area contributed by atoms with Gasteiger partial charge in [0.05, 0.1) is 0 Å². The predicted molar refractivity (Wildman–Crippen MR) is 339 cm³/mol. The molecule has 0 spiro atoms. The van der Waals surface area contributed by atoms with Gasteiger partial charge in [-0.1, -0.05) is 324 Å². The Labute approximate surface area is 484 Å². The first kappa shape index (κ1) is 74.6. The molecule has 0 amide bonds. The second-order valence-corrected chi connectivity index (χ2v) is 22.4. The molecule has 6 nitrogen and oxygen atoms in total. The molecule has 0 aromatic heterocycles. The fraction of sp³-hybridized carbons (Fsp3) is 0.764. The Kier molecular flexibility index (Phi) is 63.2. The van der Waals surface area contributed by atoms with Gasteiger partial charge in [0, 0.05) is 19.3 Å². The number of esters is 3. The van der Waals surface area contributed by atoms with Gasteiger partial charge in [-0.05, 0) is 77.0 Å². The van der Waals surface area contributed by atoms with Crippen LogP contribution in [-0.2, 0) is 28.6 Å². The van der Waals surface area contributed by atoms with Gasteiger partial charge in [0.1, 0.15) is 13.2 Å². The first-order chi connectivity index (χ1) is 38.5. The van der Waals surface area contributed by atoms with E-state index in [0.717, 1.165) is 103 Å². The van der Waals surface area contributed by atoms with E-state index in [2.05, 4.69) is 106 Å². The smallest absolute Gasteiger partial charge is 0.306 e. The van der Waals surface area contributed by atoms with E-state index >= 15 is 0 Å². The Bertz CT molecular complexity index is 1480. The summed E-state index contributed by atoms with van der Waals surface area (Å²) in [5.41, 5.74) is 0. The molecule has 0 N–H and O–H groups in total. The van der Waals surface area contributed by atoms with Crippen LogP contribution in [0, 0.1) is 0 Å². The van der Waals surface area contributed by atoms with Crippen molar-refractivity contribution in [1.29, 1.82) is 0 Å². The molecule has 0 aliphatic heterocycles. The van der Waals surface area contributed by atoms with Crippen molar-refractivity contribution in [3.8, 4) is 0 Å². The largest absolute Gasteiger partial charge is 0.462 e. The summed E-state index contributed by atoms with van der Waals surface area (Å²) in [5.74, 6) is -0.855. The second kappa shape index (κ2) is 66.1. The zero-order valence-corrected chi connectivity index (χ0v) is 51.7. The number of allylic oxidation sites excluding steroid dienone is 14. The van der Waals surface area contributed by atoms with E-state index in [1.165, 1.54) is 193 Å². The van der Waals surface area contributed by atoms with Crippen molar-refractivity contribution >= 4 is 17.9 Å². The summed E-state index contributed by atoms with van der Waals surface area (Å²) >= 11 is 0. The van der Waals surface area contributed by atoms with Crippen LogP contribution in [0.1, 0.15) is 335 Å².